The monoisotopic (exact) mass is 400 g/mol. The minimum atomic E-state index is -0.441. The minimum Gasteiger partial charge on any atom is -0.334 e. The number of rotatable bonds is 3. The van der Waals surface area contributed by atoms with Crippen LogP contribution in [0.1, 0.15) is 5.56 Å². The first-order valence-corrected chi connectivity index (χ1v) is 9.21. The molecule has 1 aromatic heterocycles. The minimum absolute atomic E-state index is 0.0273. The first-order valence-electron chi connectivity index (χ1n) is 8.02. The third-order valence-electron chi connectivity index (χ3n) is 4.15. The van der Waals surface area contributed by atoms with Gasteiger partial charge in [0.05, 0.1) is 9.46 Å². The van der Waals surface area contributed by atoms with E-state index in [0.717, 1.165) is 11.3 Å². The molecule has 0 unspecified atom stereocenters. The molecule has 0 bridgehead atoms. The highest BCUT2D eigenvalue weighted by molar-refractivity contribution is 7.07. The summed E-state index contributed by atoms with van der Waals surface area (Å²) < 4.78 is 2.19. The highest BCUT2D eigenvalue weighted by Gasteiger charge is 2.16. The number of aromatic nitrogens is 1. The van der Waals surface area contributed by atoms with Crippen LogP contribution >= 0.6 is 22.9 Å². The van der Waals surface area contributed by atoms with E-state index in [9.17, 15) is 14.9 Å². The predicted octanol–water partition coefficient (Wildman–Crippen LogP) is 2.36. The SMILES string of the molecule is O=c1/c(=C/c2cccc(Cl)c2)sc2n1CN(c1ccc([N+](=O)[O-])cc1)CN=2. The molecule has 7 nitrogen and oxygen atoms in total. The number of non-ortho nitro benzene ring substituents is 1. The third-order valence-corrected chi connectivity index (χ3v) is 5.43. The van der Waals surface area contributed by atoms with E-state index in [1.165, 1.54) is 23.5 Å². The molecule has 136 valence electrons. The van der Waals surface area contributed by atoms with Crippen molar-refractivity contribution in [3.63, 3.8) is 0 Å². The van der Waals surface area contributed by atoms with Gasteiger partial charge in [0.15, 0.2) is 4.80 Å². The molecule has 0 amide bonds. The van der Waals surface area contributed by atoms with Gasteiger partial charge >= 0.3 is 0 Å². The Bertz CT molecular complexity index is 1200. The van der Waals surface area contributed by atoms with Crippen molar-refractivity contribution in [1.82, 2.24) is 4.57 Å². The van der Waals surface area contributed by atoms with Gasteiger partial charge in [0.1, 0.15) is 13.3 Å². The Morgan fingerprint density at radius 3 is 2.70 bits per heavy atom. The highest BCUT2D eigenvalue weighted by Crippen LogP contribution is 2.20. The Balaban J connectivity index is 1.67. The largest absolute Gasteiger partial charge is 0.334 e. The lowest BCUT2D eigenvalue weighted by molar-refractivity contribution is -0.384. The molecule has 2 heterocycles. The van der Waals surface area contributed by atoms with Crippen molar-refractivity contribution in [3.8, 4) is 0 Å². The fraction of sp³-hybridized carbons (Fsp3) is 0.111. The molecule has 0 saturated carbocycles. The van der Waals surface area contributed by atoms with E-state index in [1.54, 1.807) is 34.9 Å². The van der Waals surface area contributed by atoms with Gasteiger partial charge in [-0.05, 0) is 35.9 Å². The Labute approximate surface area is 162 Å². The van der Waals surface area contributed by atoms with Gasteiger partial charge in [-0.3, -0.25) is 19.5 Å². The summed E-state index contributed by atoms with van der Waals surface area (Å²) in [5.41, 5.74) is 1.53. The van der Waals surface area contributed by atoms with E-state index >= 15 is 0 Å². The van der Waals surface area contributed by atoms with Crippen LogP contribution in [0.5, 0.6) is 0 Å². The molecule has 0 spiro atoms. The molecule has 1 aliphatic rings. The van der Waals surface area contributed by atoms with E-state index in [-0.39, 0.29) is 11.2 Å². The Morgan fingerprint density at radius 2 is 2.00 bits per heavy atom. The second kappa shape index (κ2) is 6.98. The zero-order valence-electron chi connectivity index (χ0n) is 13.9. The molecule has 0 N–H and O–H groups in total. The van der Waals surface area contributed by atoms with Gasteiger partial charge in [-0.1, -0.05) is 35.1 Å². The number of benzene rings is 2. The number of nitro groups is 1. The predicted molar refractivity (Wildman–Crippen MR) is 105 cm³/mol. The van der Waals surface area contributed by atoms with Crippen LogP contribution in [-0.4, -0.2) is 16.2 Å². The first-order chi connectivity index (χ1) is 13.0. The van der Waals surface area contributed by atoms with E-state index in [2.05, 4.69) is 4.99 Å². The van der Waals surface area contributed by atoms with E-state index in [0.29, 0.717) is 27.7 Å². The summed E-state index contributed by atoms with van der Waals surface area (Å²) in [5, 5.41) is 11.4. The number of halogens is 1. The molecule has 9 heteroatoms. The smallest absolute Gasteiger partial charge is 0.271 e. The maximum atomic E-state index is 12.8. The molecule has 3 aromatic rings. The van der Waals surface area contributed by atoms with Crippen molar-refractivity contribution in [2.75, 3.05) is 11.6 Å². The highest BCUT2D eigenvalue weighted by atomic mass is 35.5. The number of fused-ring (bicyclic) bond motifs is 1. The summed E-state index contributed by atoms with van der Waals surface area (Å²) in [4.78, 5) is 30.1. The molecule has 0 radical (unpaired) electrons. The fourth-order valence-electron chi connectivity index (χ4n) is 2.81. The van der Waals surface area contributed by atoms with Gasteiger partial charge in [-0.15, -0.1) is 0 Å². The van der Waals surface area contributed by atoms with Crippen LogP contribution in [-0.2, 0) is 6.67 Å². The van der Waals surface area contributed by atoms with E-state index in [1.807, 2.05) is 17.0 Å². The van der Waals surface area contributed by atoms with Crippen LogP contribution in [0, 0.1) is 10.1 Å². The molecule has 27 heavy (non-hydrogen) atoms. The molecule has 0 aliphatic carbocycles. The van der Waals surface area contributed by atoms with Crippen molar-refractivity contribution >= 4 is 40.4 Å². The van der Waals surface area contributed by atoms with E-state index < -0.39 is 4.92 Å². The quantitative estimate of drug-likeness (QED) is 0.499. The van der Waals surface area contributed by atoms with Crippen molar-refractivity contribution < 1.29 is 4.92 Å². The van der Waals surface area contributed by atoms with Gasteiger partial charge in [-0.25, -0.2) is 4.99 Å². The molecule has 2 aromatic carbocycles. The third kappa shape index (κ3) is 3.49. The lowest BCUT2D eigenvalue weighted by atomic mass is 10.2. The van der Waals surface area contributed by atoms with Gasteiger partial charge in [0.25, 0.3) is 11.2 Å². The summed E-state index contributed by atoms with van der Waals surface area (Å²) in [6.07, 6.45) is 1.80. The number of thiazole rings is 1. The standard InChI is InChI=1S/C18H13ClN4O3S/c19-13-3-1-2-12(8-13)9-16-17(24)22-11-21(10-20-18(22)27-16)14-4-6-15(7-5-14)23(25)26/h1-9H,10-11H2/b16-9-. The molecule has 0 fully saturated rings. The van der Waals surface area contributed by atoms with Crippen LogP contribution in [0.15, 0.2) is 58.3 Å². The van der Waals surface area contributed by atoms with Crippen LogP contribution in [0.2, 0.25) is 5.02 Å². The normalized spacial score (nSPS) is 14.0. The average molecular weight is 401 g/mol. The van der Waals surface area contributed by atoms with Crippen molar-refractivity contribution in [1.29, 1.82) is 0 Å². The maximum Gasteiger partial charge on any atom is 0.271 e. The summed E-state index contributed by atoms with van der Waals surface area (Å²) >= 11 is 7.34. The lowest BCUT2D eigenvalue weighted by Crippen LogP contribution is -2.42. The van der Waals surface area contributed by atoms with Crippen LogP contribution in [0.4, 0.5) is 11.4 Å². The number of anilines is 1. The molecule has 1 aliphatic heterocycles. The molecule has 4 rings (SSSR count). The van der Waals surface area contributed by atoms with Gasteiger partial charge in [0, 0.05) is 22.8 Å². The van der Waals surface area contributed by atoms with Gasteiger partial charge in [-0.2, -0.15) is 0 Å². The number of nitro benzene ring substituents is 1. The summed E-state index contributed by atoms with van der Waals surface area (Å²) in [6, 6.07) is 13.5. The first kappa shape index (κ1) is 17.4. The zero-order chi connectivity index (χ0) is 19.0. The van der Waals surface area contributed by atoms with Crippen LogP contribution in [0.25, 0.3) is 6.08 Å². The average Bonchev–Trinajstić information content (AvgIpc) is 2.97. The van der Waals surface area contributed by atoms with Crippen molar-refractivity contribution in [2.45, 2.75) is 6.67 Å². The number of hydrogen-bond donors (Lipinski definition) is 0. The molecular weight excluding hydrogens is 388 g/mol. The Morgan fingerprint density at radius 1 is 1.22 bits per heavy atom. The number of hydrogen-bond acceptors (Lipinski definition) is 6. The van der Waals surface area contributed by atoms with Gasteiger partial charge in [0.2, 0.25) is 0 Å². The van der Waals surface area contributed by atoms with Crippen molar-refractivity contribution in [2.24, 2.45) is 4.99 Å². The van der Waals surface area contributed by atoms with Crippen LogP contribution < -0.4 is 19.8 Å². The van der Waals surface area contributed by atoms with Crippen LogP contribution in [0.3, 0.4) is 0 Å². The molecule has 0 atom stereocenters. The second-order valence-corrected chi connectivity index (χ2v) is 7.38. The summed E-state index contributed by atoms with van der Waals surface area (Å²) in [6.45, 7) is 0.726. The van der Waals surface area contributed by atoms with Gasteiger partial charge < -0.3 is 4.90 Å². The maximum absolute atomic E-state index is 12.8. The zero-order valence-corrected chi connectivity index (χ0v) is 15.5. The lowest BCUT2D eigenvalue weighted by Gasteiger charge is -2.25. The second-order valence-electron chi connectivity index (χ2n) is 5.94. The van der Waals surface area contributed by atoms with E-state index in [4.69, 9.17) is 11.6 Å². The Hall–Kier alpha value is -2.97. The fourth-order valence-corrected chi connectivity index (χ4v) is 3.97. The number of nitrogens with zero attached hydrogens (tertiary/aromatic N) is 4. The topological polar surface area (TPSA) is 80.7 Å². The summed E-state index contributed by atoms with van der Waals surface area (Å²) in [5.74, 6) is 0. The van der Waals surface area contributed by atoms with Crippen molar-refractivity contribution in [3.05, 3.63) is 88.9 Å². The molecular formula is C18H13ClN4O3S. The Kier molecular flexibility index (Phi) is 4.51. The molecule has 0 saturated heterocycles. The summed E-state index contributed by atoms with van der Waals surface area (Å²) in [7, 11) is 0.